The van der Waals surface area contributed by atoms with E-state index in [1.165, 1.54) is 12.1 Å². The molecule has 0 aliphatic carbocycles. The van der Waals surface area contributed by atoms with Crippen LogP contribution in [-0.2, 0) is 11.3 Å². The Morgan fingerprint density at radius 3 is 2.73 bits per heavy atom. The monoisotopic (exact) mass is 411 g/mol. The summed E-state index contributed by atoms with van der Waals surface area (Å²) in [5, 5.41) is 4.84. The third kappa shape index (κ3) is 3.65. The van der Waals surface area contributed by atoms with Crippen LogP contribution in [0.2, 0.25) is 0 Å². The first-order valence-corrected chi connectivity index (χ1v) is 10.6. The van der Waals surface area contributed by atoms with E-state index in [4.69, 9.17) is 9.84 Å². The number of nitrogens with one attached hydrogen (secondary N) is 1. The Bertz CT molecular complexity index is 1090. The molecule has 0 radical (unpaired) electrons. The number of halogens is 1. The number of rotatable bonds is 4. The van der Waals surface area contributed by atoms with Crippen molar-refractivity contribution >= 4 is 5.52 Å². The molecular formula is C22H26FN5O2. The molecule has 0 saturated carbocycles. The summed E-state index contributed by atoms with van der Waals surface area (Å²) in [6, 6.07) is 6.64. The second-order valence-electron chi connectivity index (χ2n) is 8.54. The maximum absolute atomic E-state index is 13.2. The van der Waals surface area contributed by atoms with Crippen LogP contribution in [0, 0.1) is 11.7 Å². The van der Waals surface area contributed by atoms with Crippen molar-refractivity contribution in [1.29, 1.82) is 0 Å². The molecule has 2 aromatic heterocycles. The van der Waals surface area contributed by atoms with Crippen LogP contribution in [0.3, 0.4) is 0 Å². The van der Waals surface area contributed by atoms with E-state index in [9.17, 15) is 9.18 Å². The summed E-state index contributed by atoms with van der Waals surface area (Å²) in [4.78, 5) is 22.6. The van der Waals surface area contributed by atoms with Gasteiger partial charge in [-0.3, -0.25) is 9.69 Å². The van der Waals surface area contributed by atoms with Gasteiger partial charge >= 0.3 is 0 Å². The molecule has 2 saturated heterocycles. The Balaban J connectivity index is 1.41. The molecule has 1 N–H and O–H groups in total. The van der Waals surface area contributed by atoms with Crippen molar-refractivity contribution in [2.45, 2.75) is 38.1 Å². The number of imidazole rings is 1. The summed E-state index contributed by atoms with van der Waals surface area (Å²) in [6.45, 7) is 6.08. The van der Waals surface area contributed by atoms with E-state index in [0.717, 1.165) is 43.9 Å². The van der Waals surface area contributed by atoms with Crippen molar-refractivity contribution in [1.82, 2.24) is 24.5 Å². The van der Waals surface area contributed by atoms with E-state index in [1.54, 1.807) is 10.7 Å². The van der Waals surface area contributed by atoms with Crippen molar-refractivity contribution < 1.29 is 9.13 Å². The first-order valence-electron chi connectivity index (χ1n) is 10.6. The van der Waals surface area contributed by atoms with E-state index in [2.05, 4.69) is 21.8 Å². The molecule has 8 heteroatoms. The van der Waals surface area contributed by atoms with E-state index < -0.39 is 0 Å². The van der Waals surface area contributed by atoms with Crippen molar-refractivity contribution in [3.63, 3.8) is 0 Å². The van der Waals surface area contributed by atoms with Gasteiger partial charge in [-0.25, -0.2) is 13.9 Å². The van der Waals surface area contributed by atoms with Crippen molar-refractivity contribution in [3.05, 3.63) is 63.8 Å². The molecular weight excluding hydrogens is 385 g/mol. The van der Waals surface area contributed by atoms with Gasteiger partial charge in [-0.2, -0.15) is 5.10 Å². The molecule has 2 atom stereocenters. The van der Waals surface area contributed by atoms with Crippen LogP contribution in [-0.4, -0.2) is 50.8 Å². The lowest BCUT2D eigenvalue weighted by Crippen LogP contribution is -2.24. The van der Waals surface area contributed by atoms with E-state index >= 15 is 0 Å². The number of hydrogen-bond acceptors (Lipinski definition) is 5. The fraction of sp³-hybridized carbons (Fsp3) is 0.500. The highest BCUT2D eigenvalue weighted by Gasteiger charge is 2.33. The predicted octanol–water partition coefficient (Wildman–Crippen LogP) is 2.69. The van der Waals surface area contributed by atoms with Gasteiger partial charge < -0.3 is 9.72 Å². The van der Waals surface area contributed by atoms with Gasteiger partial charge in [-0.05, 0) is 36.5 Å². The highest BCUT2D eigenvalue weighted by Crippen LogP contribution is 2.31. The van der Waals surface area contributed by atoms with Crippen LogP contribution in [0.25, 0.3) is 5.52 Å². The third-order valence-electron chi connectivity index (χ3n) is 6.39. The number of H-pyrrole nitrogens is 1. The lowest BCUT2D eigenvalue weighted by atomic mass is 9.97. The van der Waals surface area contributed by atoms with Gasteiger partial charge in [-0.1, -0.05) is 19.1 Å². The van der Waals surface area contributed by atoms with Crippen molar-refractivity contribution in [2.24, 2.45) is 5.92 Å². The summed E-state index contributed by atoms with van der Waals surface area (Å²) in [7, 11) is 0. The van der Waals surface area contributed by atoms with Crippen LogP contribution in [0.15, 0.2) is 35.3 Å². The molecule has 158 valence electrons. The van der Waals surface area contributed by atoms with E-state index in [1.807, 2.05) is 12.1 Å². The molecule has 2 fully saturated rings. The van der Waals surface area contributed by atoms with E-state index in [-0.39, 0.29) is 23.2 Å². The highest BCUT2D eigenvalue weighted by molar-refractivity contribution is 5.42. The van der Waals surface area contributed by atoms with Crippen LogP contribution < -0.4 is 5.56 Å². The minimum atomic E-state index is -0.220. The van der Waals surface area contributed by atoms with Crippen LogP contribution in [0.5, 0.6) is 0 Å². The number of likely N-dealkylation sites (tertiary alicyclic amines) is 1. The minimum Gasteiger partial charge on any atom is -0.381 e. The molecule has 2 aliphatic heterocycles. The first-order chi connectivity index (χ1) is 14.6. The van der Waals surface area contributed by atoms with Gasteiger partial charge in [0.15, 0.2) is 5.52 Å². The highest BCUT2D eigenvalue weighted by atomic mass is 19.1. The fourth-order valence-electron chi connectivity index (χ4n) is 4.73. The molecule has 1 aromatic carbocycles. The summed E-state index contributed by atoms with van der Waals surface area (Å²) >= 11 is 0. The SMILES string of the molecule is CC1CN(Cc2ccc(F)cc2)C[C@H]1c1nn2c(C3CCOCC3)ncc2c(=O)[nH]1. The van der Waals surface area contributed by atoms with Gasteiger partial charge in [0.2, 0.25) is 0 Å². The maximum atomic E-state index is 13.2. The number of aromatic amines is 1. The fourth-order valence-corrected chi connectivity index (χ4v) is 4.73. The van der Waals surface area contributed by atoms with Crippen LogP contribution >= 0.6 is 0 Å². The molecule has 1 unspecified atom stereocenters. The summed E-state index contributed by atoms with van der Waals surface area (Å²) in [6.07, 6.45) is 3.42. The number of aromatic nitrogens is 4. The summed E-state index contributed by atoms with van der Waals surface area (Å²) in [5.74, 6) is 2.09. The normalized spacial score (nSPS) is 23.4. The molecule has 3 aromatic rings. The molecule has 5 rings (SSSR count). The molecule has 30 heavy (non-hydrogen) atoms. The first kappa shape index (κ1) is 19.4. The Morgan fingerprint density at radius 1 is 1.20 bits per heavy atom. The lowest BCUT2D eigenvalue weighted by molar-refractivity contribution is 0.0832. The number of benzene rings is 1. The van der Waals surface area contributed by atoms with Gasteiger partial charge in [0.25, 0.3) is 5.56 Å². The average molecular weight is 411 g/mol. The molecule has 2 aliphatic rings. The topological polar surface area (TPSA) is 75.5 Å². The summed E-state index contributed by atoms with van der Waals surface area (Å²) < 4.78 is 20.4. The Hall–Kier alpha value is -2.58. The smallest absolute Gasteiger partial charge is 0.276 e. The molecule has 0 spiro atoms. The standard InChI is InChI=1S/C22H26FN5O2/c1-14-11-27(12-15-2-4-17(23)5-3-15)13-18(14)20-25-22(29)19-10-24-21(28(19)26-20)16-6-8-30-9-7-16/h2-5,10,14,16,18H,6-9,11-13H2,1H3,(H,25,26,29)/t14?,18-/m1/s1. The molecule has 0 amide bonds. The van der Waals surface area contributed by atoms with Gasteiger partial charge in [0.05, 0.1) is 6.20 Å². The van der Waals surface area contributed by atoms with Crippen LogP contribution in [0.4, 0.5) is 4.39 Å². The number of hydrogen-bond donors (Lipinski definition) is 1. The average Bonchev–Trinajstić information content (AvgIpc) is 3.34. The van der Waals surface area contributed by atoms with Gasteiger partial charge in [0, 0.05) is 44.7 Å². The van der Waals surface area contributed by atoms with Gasteiger partial charge in [-0.15, -0.1) is 0 Å². The van der Waals surface area contributed by atoms with E-state index in [0.29, 0.717) is 30.5 Å². The second kappa shape index (κ2) is 7.92. The van der Waals surface area contributed by atoms with Crippen LogP contribution in [0.1, 0.15) is 48.8 Å². The third-order valence-corrected chi connectivity index (χ3v) is 6.39. The zero-order valence-corrected chi connectivity index (χ0v) is 17.1. The molecule has 7 nitrogen and oxygen atoms in total. The lowest BCUT2D eigenvalue weighted by Gasteiger charge is -2.21. The van der Waals surface area contributed by atoms with Crippen molar-refractivity contribution in [2.75, 3.05) is 26.3 Å². The summed E-state index contributed by atoms with van der Waals surface area (Å²) in [5.41, 5.74) is 1.43. The molecule has 4 heterocycles. The predicted molar refractivity (Wildman–Crippen MR) is 110 cm³/mol. The van der Waals surface area contributed by atoms with Crippen molar-refractivity contribution in [3.8, 4) is 0 Å². The Morgan fingerprint density at radius 2 is 1.97 bits per heavy atom. The number of ether oxygens (including phenoxy) is 1. The zero-order chi connectivity index (χ0) is 20.7. The maximum Gasteiger partial charge on any atom is 0.276 e. The minimum absolute atomic E-state index is 0.132. The Kier molecular flexibility index (Phi) is 5.12. The largest absolute Gasteiger partial charge is 0.381 e. The molecule has 0 bridgehead atoms. The second-order valence-corrected chi connectivity index (χ2v) is 8.54. The number of nitrogens with zero attached hydrogens (tertiary/aromatic N) is 4. The number of fused-ring (bicyclic) bond motifs is 1. The zero-order valence-electron chi connectivity index (χ0n) is 17.1. The quantitative estimate of drug-likeness (QED) is 0.715. The Labute approximate surface area is 173 Å². The van der Waals surface area contributed by atoms with Gasteiger partial charge in [0.1, 0.15) is 17.5 Å².